The van der Waals surface area contributed by atoms with Gasteiger partial charge in [-0.15, -0.1) is 0 Å². The van der Waals surface area contributed by atoms with E-state index in [4.69, 9.17) is 9.98 Å². The molecule has 28 heavy (non-hydrogen) atoms. The molecule has 0 amide bonds. The van der Waals surface area contributed by atoms with Crippen LogP contribution in [0.25, 0.3) is 6.08 Å². The first-order chi connectivity index (χ1) is 13.1. The summed E-state index contributed by atoms with van der Waals surface area (Å²) in [5.41, 5.74) is 1.42. The molecule has 2 heterocycles. The van der Waals surface area contributed by atoms with E-state index in [0.717, 1.165) is 28.7 Å². The van der Waals surface area contributed by atoms with Gasteiger partial charge in [0.05, 0.1) is 29.5 Å². The summed E-state index contributed by atoms with van der Waals surface area (Å²) in [5, 5.41) is 11.3. The van der Waals surface area contributed by atoms with Crippen LogP contribution in [0.3, 0.4) is 0 Å². The van der Waals surface area contributed by atoms with Crippen molar-refractivity contribution in [2.24, 2.45) is 21.2 Å². The highest BCUT2D eigenvalue weighted by Crippen LogP contribution is 2.55. The first-order valence-electron chi connectivity index (χ1n) is 10.2. The summed E-state index contributed by atoms with van der Waals surface area (Å²) in [7, 11) is 0. The number of aldehydes is 1. The van der Waals surface area contributed by atoms with Crippen LogP contribution in [-0.2, 0) is 4.79 Å². The molecule has 1 fully saturated rings. The van der Waals surface area contributed by atoms with E-state index < -0.39 is 5.41 Å². The van der Waals surface area contributed by atoms with Crippen LogP contribution in [0.5, 0.6) is 0 Å². The number of aliphatic hydroxyl groups excluding tert-OH is 1. The summed E-state index contributed by atoms with van der Waals surface area (Å²) in [6.45, 7) is 13.2. The lowest BCUT2D eigenvalue weighted by Gasteiger charge is -2.47. The maximum atomic E-state index is 11.7. The minimum atomic E-state index is -0.888. The number of thioether (sulfide) groups is 1. The molecular formula is C22H31N3O2S. The van der Waals surface area contributed by atoms with Crippen molar-refractivity contribution in [2.75, 3.05) is 6.61 Å². The molecule has 1 aromatic heterocycles. The molecule has 0 bridgehead atoms. The Kier molecular flexibility index (Phi) is 4.47. The number of aromatic nitrogens is 2. The van der Waals surface area contributed by atoms with Crippen LogP contribution in [0.4, 0.5) is 0 Å². The molecule has 0 saturated heterocycles. The first kappa shape index (κ1) is 19.9. The highest BCUT2D eigenvalue weighted by molar-refractivity contribution is 8.14. The number of aliphatic imine (C=N–C) groups is 1. The Balaban J connectivity index is 1.79. The van der Waals surface area contributed by atoms with Crippen molar-refractivity contribution in [3.8, 4) is 0 Å². The molecule has 0 radical (unpaired) electrons. The molecule has 0 spiro atoms. The number of imidazole rings is 1. The fourth-order valence-corrected chi connectivity index (χ4v) is 6.64. The van der Waals surface area contributed by atoms with E-state index in [1.807, 2.05) is 37.8 Å². The van der Waals surface area contributed by atoms with Crippen LogP contribution >= 0.6 is 11.8 Å². The molecule has 4 rings (SSSR count). The molecule has 3 aliphatic rings. The third-order valence-corrected chi connectivity index (χ3v) is 8.96. The summed E-state index contributed by atoms with van der Waals surface area (Å²) < 4.78 is 2.16. The van der Waals surface area contributed by atoms with Crippen molar-refractivity contribution in [1.29, 1.82) is 0 Å². The topological polar surface area (TPSA) is 67.5 Å². The summed E-state index contributed by atoms with van der Waals surface area (Å²) in [6, 6.07) is 0.296. The van der Waals surface area contributed by atoms with Crippen LogP contribution in [0.15, 0.2) is 11.1 Å². The van der Waals surface area contributed by atoms with Gasteiger partial charge >= 0.3 is 0 Å². The Morgan fingerprint density at radius 2 is 1.96 bits per heavy atom. The number of hydrogen-bond donors (Lipinski definition) is 1. The molecular weight excluding hydrogens is 370 g/mol. The highest BCUT2D eigenvalue weighted by Gasteiger charge is 2.52. The molecule has 1 N–H and O–H groups in total. The minimum Gasteiger partial charge on any atom is -0.395 e. The first-order valence-corrected chi connectivity index (χ1v) is 11.0. The lowest BCUT2D eigenvalue weighted by Crippen LogP contribution is -2.47. The number of carbonyl (C=O) groups excluding carboxylic acids is 1. The van der Waals surface area contributed by atoms with Crippen LogP contribution < -0.4 is 0 Å². The van der Waals surface area contributed by atoms with Crippen molar-refractivity contribution in [2.45, 2.75) is 71.6 Å². The van der Waals surface area contributed by atoms with Crippen LogP contribution in [0.1, 0.15) is 70.6 Å². The lowest BCUT2D eigenvalue weighted by molar-refractivity contribution is -0.116. The number of nitrogens with zero attached hydrogens (tertiary/aromatic N) is 3. The molecule has 4 unspecified atom stereocenters. The zero-order valence-corrected chi connectivity index (χ0v) is 18.5. The summed E-state index contributed by atoms with van der Waals surface area (Å²) >= 11 is 1.88. The van der Waals surface area contributed by atoms with Gasteiger partial charge in [0.2, 0.25) is 0 Å². The van der Waals surface area contributed by atoms with Gasteiger partial charge in [-0.1, -0.05) is 52.5 Å². The maximum absolute atomic E-state index is 11.7. The molecule has 5 nitrogen and oxygen atoms in total. The Morgan fingerprint density at radius 1 is 1.29 bits per heavy atom. The molecule has 1 aromatic rings. The number of rotatable bonds is 2. The van der Waals surface area contributed by atoms with Gasteiger partial charge in [-0.05, 0) is 36.7 Å². The van der Waals surface area contributed by atoms with Gasteiger partial charge < -0.3 is 9.90 Å². The van der Waals surface area contributed by atoms with Crippen LogP contribution in [0.2, 0.25) is 0 Å². The lowest BCUT2D eigenvalue weighted by atomic mass is 9.63. The van der Waals surface area contributed by atoms with Gasteiger partial charge in [0, 0.05) is 11.2 Å². The van der Waals surface area contributed by atoms with Crippen molar-refractivity contribution >= 4 is 29.3 Å². The SMILES string of the molecule is Cc1nc2c(n1C1=NC3C(S1)C(C)(C)CCC3(C)C)C=CC(C=O)(CO)C2C. The number of fused-ring (bicyclic) bond motifs is 2. The second-order valence-electron chi connectivity index (χ2n) is 10.1. The number of carbonyl (C=O) groups is 1. The molecule has 2 aliphatic carbocycles. The van der Waals surface area contributed by atoms with Gasteiger partial charge in [-0.3, -0.25) is 9.56 Å². The Labute approximate surface area is 171 Å². The fraction of sp³-hybridized carbons (Fsp3) is 0.682. The van der Waals surface area contributed by atoms with Gasteiger partial charge in [0.15, 0.2) is 5.17 Å². The van der Waals surface area contributed by atoms with E-state index in [9.17, 15) is 9.90 Å². The van der Waals surface area contributed by atoms with E-state index >= 15 is 0 Å². The third-order valence-electron chi connectivity index (χ3n) is 7.31. The second kappa shape index (κ2) is 6.30. The molecule has 6 heteroatoms. The Hall–Kier alpha value is -1.40. The molecule has 1 aliphatic heterocycles. The normalized spacial score (nSPS) is 35.2. The van der Waals surface area contributed by atoms with E-state index in [1.54, 1.807) is 0 Å². The third kappa shape index (κ3) is 2.67. The van der Waals surface area contributed by atoms with Crippen LogP contribution in [0, 0.1) is 23.2 Å². The Bertz CT molecular complexity index is 883. The molecule has 0 aromatic carbocycles. The van der Waals surface area contributed by atoms with E-state index in [1.165, 1.54) is 12.8 Å². The minimum absolute atomic E-state index is 0.169. The predicted molar refractivity (Wildman–Crippen MR) is 115 cm³/mol. The van der Waals surface area contributed by atoms with E-state index in [0.29, 0.717) is 11.3 Å². The van der Waals surface area contributed by atoms with Crippen molar-refractivity contribution < 1.29 is 9.90 Å². The van der Waals surface area contributed by atoms with Gasteiger partial charge in [0.25, 0.3) is 0 Å². The summed E-state index contributed by atoms with van der Waals surface area (Å²) in [5.74, 6) is 0.721. The highest BCUT2D eigenvalue weighted by atomic mass is 32.2. The average Bonchev–Trinajstić information content (AvgIpc) is 3.23. The fourth-order valence-electron chi connectivity index (χ4n) is 4.90. The standard InChI is InChI=1S/C22H31N3O2S/c1-13-16-15(7-8-22(13,11-26)12-27)25(14(2)23-16)19-24-17-18(28-19)21(5,6)10-9-20(17,3)4/h7-8,11,13,17-18,27H,9-10,12H2,1-6H3. The quantitative estimate of drug-likeness (QED) is 0.760. The van der Waals surface area contributed by atoms with Crippen LogP contribution in [-0.4, -0.2) is 44.0 Å². The van der Waals surface area contributed by atoms with Crippen molar-refractivity contribution in [3.05, 3.63) is 23.3 Å². The number of aryl methyl sites for hydroxylation is 1. The average molecular weight is 402 g/mol. The molecule has 4 atom stereocenters. The van der Waals surface area contributed by atoms with Crippen molar-refractivity contribution in [1.82, 2.24) is 9.55 Å². The van der Waals surface area contributed by atoms with Gasteiger partial charge in [0.1, 0.15) is 12.1 Å². The summed E-state index contributed by atoms with van der Waals surface area (Å²) in [6.07, 6.45) is 7.04. The largest absolute Gasteiger partial charge is 0.395 e. The zero-order valence-electron chi connectivity index (χ0n) is 17.7. The molecule has 152 valence electrons. The predicted octanol–water partition coefficient (Wildman–Crippen LogP) is 4.03. The van der Waals surface area contributed by atoms with Crippen molar-refractivity contribution in [3.63, 3.8) is 0 Å². The number of hydrogen-bond acceptors (Lipinski definition) is 5. The molecule has 1 saturated carbocycles. The monoisotopic (exact) mass is 401 g/mol. The van der Waals surface area contributed by atoms with E-state index in [-0.39, 0.29) is 23.4 Å². The number of aliphatic hydroxyl groups is 1. The van der Waals surface area contributed by atoms with Gasteiger partial charge in [-0.2, -0.15) is 0 Å². The summed E-state index contributed by atoms with van der Waals surface area (Å²) in [4.78, 5) is 21.7. The smallest absolute Gasteiger partial charge is 0.170 e. The van der Waals surface area contributed by atoms with E-state index in [2.05, 4.69) is 32.3 Å². The Morgan fingerprint density at radius 3 is 2.57 bits per heavy atom. The van der Waals surface area contributed by atoms with Gasteiger partial charge in [-0.25, -0.2) is 4.98 Å². The second-order valence-corrected chi connectivity index (χ2v) is 11.2. The zero-order chi connectivity index (χ0) is 20.5. The maximum Gasteiger partial charge on any atom is 0.170 e.